The Morgan fingerprint density at radius 2 is 1.65 bits per heavy atom. The zero-order chi connectivity index (χ0) is 25.4. The molecule has 34 heavy (non-hydrogen) atoms. The Balaban J connectivity index is 2.09. The van der Waals surface area contributed by atoms with Crippen LogP contribution < -0.4 is 25.4 Å². The summed E-state index contributed by atoms with van der Waals surface area (Å²) in [5.74, 6) is -0.505. The summed E-state index contributed by atoms with van der Waals surface area (Å²) in [5, 5.41) is 10.0. The van der Waals surface area contributed by atoms with Crippen molar-refractivity contribution in [1.82, 2.24) is 15.2 Å². The number of carbonyl (C=O) groups excluding carboxylic acids is 3. The third-order valence-corrected chi connectivity index (χ3v) is 5.77. The maximum atomic E-state index is 12.9. The molecular formula is C23H33N5O5S. The Morgan fingerprint density at radius 1 is 1.00 bits per heavy atom. The lowest BCUT2D eigenvalue weighted by Crippen LogP contribution is -2.42. The predicted molar refractivity (Wildman–Crippen MR) is 133 cm³/mol. The lowest BCUT2D eigenvalue weighted by atomic mass is 10.1. The summed E-state index contributed by atoms with van der Waals surface area (Å²) in [6, 6.07) is 3.72. The lowest BCUT2D eigenvalue weighted by Gasteiger charge is -2.30. The van der Waals surface area contributed by atoms with Crippen molar-refractivity contribution >= 4 is 39.9 Å². The molecule has 0 fully saturated rings. The molecule has 3 amide bonds. The van der Waals surface area contributed by atoms with Crippen LogP contribution in [0.15, 0.2) is 17.5 Å². The van der Waals surface area contributed by atoms with Crippen LogP contribution in [0.3, 0.4) is 0 Å². The molecule has 0 atom stereocenters. The van der Waals surface area contributed by atoms with E-state index in [9.17, 15) is 14.4 Å². The molecule has 0 aliphatic heterocycles. The Labute approximate surface area is 204 Å². The van der Waals surface area contributed by atoms with E-state index in [0.29, 0.717) is 30.1 Å². The molecule has 11 heteroatoms. The van der Waals surface area contributed by atoms with E-state index >= 15 is 0 Å². The number of methoxy groups -OCH3 is 2. The van der Waals surface area contributed by atoms with E-state index in [1.54, 1.807) is 5.38 Å². The summed E-state index contributed by atoms with van der Waals surface area (Å²) in [7, 11) is 2.88. The second-order valence-corrected chi connectivity index (χ2v) is 8.97. The molecule has 0 radical (unpaired) electrons. The Bertz CT molecular complexity index is 1010. The molecule has 0 saturated heterocycles. The third-order valence-electron chi connectivity index (χ3n) is 5.02. The smallest absolute Gasteiger partial charge is 0.270 e. The second-order valence-electron chi connectivity index (χ2n) is 8.11. The highest BCUT2D eigenvalue weighted by atomic mass is 32.1. The molecule has 1 aromatic heterocycles. The normalized spacial score (nSPS) is 11.0. The van der Waals surface area contributed by atoms with Crippen LogP contribution in [-0.4, -0.2) is 67.0 Å². The molecule has 0 unspecified atom stereocenters. The largest absolute Gasteiger partial charge is 0.496 e. The predicted octanol–water partition coefficient (Wildman–Crippen LogP) is 3.22. The van der Waals surface area contributed by atoms with Gasteiger partial charge < -0.3 is 20.1 Å². The summed E-state index contributed by atoms with van der Waals surface area (Å²) >= 11 is 1.14. The van der Waals surface area contributed by atoms with Gasteiger partial charge in [-0.25, -0.2) is 4.98 Å². The van der Waals surface area contributed by atoms with Crippen LogP contribution in [0.2, 0.25) is 0 Å². The van der Waals surface area contributed by atoms with Crippen molar-refractivity contribution in [2.24, 2.45) is 0 Å². The summed E-state index contributed by atoms with van der Waals surface area (Å²) in [6.07, 6.45) is 0. The van der Waals surface area contributed by atoms with E-state index in [0.717, 1.165) is 17.9 Å². The summed E-state index contributed by atoms with van der Waals surface area (Å²) in [6.45, 7) is 11.0. The fraction of sp³-hybridized carbons (Fsp3) is 0.478. The minimum atomic E-state index is -0.503. The zero-order valence-electron chi connectivity index (χ0n) is 20.6. The van der Waals surface area contributed by atoms with Crippen LogP contribution in [0.25, 0.3) is 0 Å². The number of thiazole rings is 1. The van der Waals surface area contributed by atoms with Gasteiger partial charge in [0.05, 0.1) is 25.5 Å². The summed E-state index contributed by atoms with van der Waals surface area (Å²) in [5.41, 5.74) is 0.731. The van der Waals surface area contributed by atoms with Crippen LogP contribution in [0.5, 0.6) is 11.5 Å². The zero-order valence-corrected chi connectivity index (χ0v) is 21.5. The molecule has 1 heterocycles. The molecular weight excluding hydrogens is 458 g/mol. The average Bonchev–Trinajstić information content (AvgIpc) is 3.23. The van der Waals surface area contributed by atoms with Crippen LogP contribution in [-0.2, 0) is 4.79 Å². The first-order chi connectivity index (χ1) is 16.1. The van der Waals surface area contributed by atoms with Crippen molar-refractivity contribution in [3.8, 4) is 11.5 Å². The second kappa shape index (κ2) is 12.3. The lowest BCUT2D eigenvalue weighted by molar-refractivity contribution is -0.114. The standard InChI is InChI=1S/C23H33N5O5S/c1-13(2)28(14(3)4)9-8-24-22(31)18-12-34-23(26-18)27-21(30)16-10-17(25-15(5)29)20(33-7)11-19(16)32-6/h10-14H,8-9H2,1-7H3,(H,24,31)(H,25,29)(H,26,27,30). The van der Waals surface area contributed by atoms with Gasteiger partial charge in [0.2, 0.25) is 5.91 Å². The highest BCUT2D eigenvalue weighted by Gasteiger charge is 2.20. The highest BCUT2D eigenvalue weighted by Crippen LogP contribution is 2.33. The number of aromatic nitrogens is 1. The first-order valence-corrected chi connectivity index (χ1v) is 11.8. The van der Waals surface area contributed by atoms with Crippen molar-refractivity contribution < 1.29 is 23.9 Å². The number of carbonyl (C=O) groups is 3. The molecule has 0 saturated carbocycles. The molecule has 0 spiro atoms. The van der Waals surface area contributed by atoms with E-state index in [4.69, 9.17) is 9.47 Å². The van der Waals surface area contributed by atoms with Crippen molar-refractivity contribution in [3.63, 3.8) is 0 Å². The number of nitrogens with one attached hydrogen (secondary N) is 3. The molecule has 10 nitrogen and oxygen atoms in total. The Kier molecular flexibility index (Phi) is 9.82. The number of amides is 3. The van der Waals surface area contributed by atoms with E-state index in [1.807, 2.05) is 0 Å². The molecule has 2 aromatic rings. The van der Waals surface area contributed by atoms with Gasteiger partial charge in [0, 0.05) is 43.5 Å². The van der Waals surface area contributed by atoms with Crippen LogP contribution in [0.4, 0.5) is 10.8 Å². The number of anilines is 2. The van der Waals surface area contributed by atoms with E-state index in [1.165, 1.54) is 33.3 Å². The minimum Gasteiger partial charge on any atom is -0.496 e. The van der Waals surface area contributed by atoms with Gasteiger partial charge in [-0.05, 0) is 33.8 Å². The van der Waals surface area contributed by atoms with Gasteiger partial charge in [0.25, 0.3) is 11.8 Å². The first kappa shape index (κ1) is 27.1. The van der Waals surface area contributed by atoms with Gasteiger partial charge >= 0.3 is 0 Å². The minimum absolute atomic E-state index is 0.177. The Morgan fingerprint density at radius 3 is 2.21 bits per heavy atom. The topological polar surface area (TPSA) is 122 Å². The number of benzene rings is 1. The van der Waals surface area contributed by atoms with Crippen LogP contribution in [0.1, 0.15) is 55.5 Å². The van der Waals surface area contributed by atoms with Gasteiger partial charge in [-0.3, -0.25) is 24.6 Å². The number of hydrogen-bond donors (Lipinski definition) is 3. The molecule has 186 valence electrons. The van der Waals surface area contributed by atoms with Gasteiger partial charge in [-0.1, -0.05) is 0 Å². The van der Waals surface area contributed by atoms with E-state index in [2.05, 4.69) is 53.5 Å². The maximum Gasteiger partial charge on any atom is 0.270 e. The fourth-order valence-electron chi connectivity index (χ4n) is 3.47. The average molecular weight is 492 g/mol. The molecule has 0 bridgehead atoms. The molecule has 1 aromatic carbocycles. The number of rotatable bonds is 11. The van der Waals surface area contributed by atoms with Crippen molar-refractivity contribution in [2.75, 3.05) is 37.9 Å². The maximum absolute atomic E-state index is 12.9. The SMILES string of the molecule is COc1cc(OC)c(C(=O)Nc2nc(C(=O)NCCN(C(C)C)C(C)C)cs2)cc1NC(C)=O. The van der Waals surface area contributed by atoms with Crippen molar-refractivity contribution in [2.45, 2.75) is 46.7 Å². The van der Waals surface area contributed by atoms with Crippen LogP contribution in [0, 0.1) is 0 Å². The fourth-order valence-corrected chi connectivity index (χ4v) is 4.15. The van der Waals surface area contributed by atoms with E-state index < -0.39 is 5.91 Å². The molecule has 0 aliphatic carbocycles. The van der Waals surface area contributed by atoms with Gasteiger partial charge in [0.1, 0.15) is 17.2 Å². The van der Waals surface area contributed by atoms with Crippen molar-refractivity contribution in [1.29, 1.82) is 0 Å². The van der Waals surface area contributed by atoms with Gasteiger partial charge in [0.15, 0.2) is 5.13 Å². The van der Waals surface area contributed by atoms with E-state index in [-0.39, 0.29) is 34.0 Å². The summed E-state index contributed by atoms with van der Waals surface area (Å²) < 4.78 is 10.6. The van der Waals surface area contributed by atoms with Crippen molar-refractivity contribution in [3.05, 3.63) is 28.8 Å². The Hall–Kier alpha value is -3.18. The van der Waals surface area contributed by atoms with Gasteiger partial charge in [-0.15, -0.1) is 11.3 Å². The third kappa shape index (κ3) is 7.16. The van der Waals surface area contributed by atoms with Crippen LogP contribution >= 0.6 is 11.3 Å². The monoisotopic (exact) mass is 491 g/mol. The molecule has 2 rings (SSSR count). The van der Waals surface area contributed by atoms with Gasteiger partial charge in [-0.2, -0.15) is 0 Å². The number of nitrogens with zero attached hydrogens (tertiary/aromatic N) is 2. The number of hydrogen-bond acceptors (Lipinski definition) is 8. The quantitative estimate of drug-likeness (QED) is 0.441. The first-order valence-electron chi connectivity index (χ1n) is 10.9. The molecule has 0 aliphatic rings. The molecule has 3 N–H and O–H groups in total. The number of ether oxygens (including phenoxy) is 2. The summed E-state index contributed by atoms with van der Waals surface area (Å²) in [4.78, 5) is 43.4. The highest BCUT2D eigenvalue weighted by molar-refractivity contribution is 7.14.